The second-order valence-corrected chi connectivity index (χ2v) is 7.00. The molecule has 1 amide bonds. The second kappa shape index (κ2) is 8.07. The number of aryl methyl sites for hydroxylation is 1. The lowest BCUT2D eigenvalue weighted by atomic mass is 10.4. The van der Waals surface area contributed by atoms with E-state index in [-0.39, 0.29) is 22.0 Å². The number of nitrogens with one attached hydrogen (secondary N) is 3. The third kappa shape index (κ3) is 5.26. The molecule has 2 heterocycles. The number of carbonyl (C=O) groups excluding carboxylic acids is 2. The monoisotopic (exact) mass is 385 g/mol. The molecule has 0 aromatic carbocycles. The number of carbonyl (C=O) groups is 2. The minimum atomic E-state index is -0.724. The lowest BCUT2D eigenvalue weighted by Gasteiger charge is -2.05. The van der Waals surface area contributed by atoms with Crippen LogP contribution in [0.5, 0.6) is 0 Å². The minimum Gasteiger partial charge on any atom is -0.459 e. The molecule has 0 atom stereocenters. The number of ether oxygens (including phenoxy) is 1. The third-order valence-electron chi connectivity index (χ3n) is 2.59. The number of rotatable bonds is 6. The molecule has 0 radical (unpaired) electrons. The van der Waals surface area contributed by atoms with Crippen molar-refractivity contribution in [1.29, 1.82) is 0 Å². The molecular weight excluding hydrogens is 370 g/mol. The fourth-order valence-corrected chi connectivity index (χ4v) is 3.13. The number of H-pyrrole nitrogens is 2. The fraction of sp³-hybridized carbons (Fsp3) is 0.385. The van der Waals surface area contributed by atoms with Crippen molar-refractivity contribution in [2.45, 2.75) is 31.9 Å². The number of aromatic amines is 2. The van der Waals surface area contributed by atoms with Gasteiger partial charge in [0, 0.05) is 0 Å². The molecule has 3 N–H and O–H groups in total. The Balaban J connectivity index is 1.98. The largest absolute Gasteiger partial charge is 0.459 e. The van der Waals surface area contributed by atoms with Crippen LogP contribution < -0.4 is 16.6 Å². The summed E-state index contributed by atoms with van der Waals surface area (Å²) in [6.45, 7) is 5.11. The van der Waals surface area contributed by atoms with Crippen molar-refractivity contribution >= 4 is 40.1 Å². The van der Waals surface area contributed by atoms with Crippen LogP contribution in [0.15, 0.2) is 14.6 Å². The zero-order chi connectivity index (χ0) is 18.6. The van der Waals surface area contributed by atoms with Gasteiger partial charge in [0.15, 0.2) is 10.2 Å². The van der Waals surface area contributed by atoms with Gasteiger partial charge in [-0.15, -0.1) is 0 Å². The van der Waals surface area contributed by atoms with Gasteiger partial charge in [-0.3, -0.25) is 14.6 Å². The zero-order valence-corrected chi connectivity index (χ0v) is 15.2. The van der Waals surface area contributed by atoms with Gasteiger partial charge in [0.2, 0.25) is 5.91 Å². The Morgan fingerprint density at radius 1 is 1.36 bits per heavy atom. The summed E-state index contributed by atoms with van der Waals surface area (Å²) in [7, 11) is 0. The van der Waals surface area contributed by atoms with Crippen molar-refractivity contribution in [1.82, 2.24) is 20.2 Å². The number of thiazole rings is 1. The Labute approximate surface area is 149 Å². The van der Waals surface area contributed by atoms with E-state index in [1.165, 1.54) is 0 Å². The molecule has 0 aliphatic heterocycles. The summed E-state index contributed by atoms with van der Waals surface area (Å²) in [5.74, 6) is -1.05. The van der Waals surface area contributed by atoms with Crippen molar-refractivity contribution in [3.63, 3.8) is 0 Å². The second-order valence-electron chi connectivity index (χ2n) is 5.04. The lowest BCUT2D eigenvalue weighted by Crippen LogP contribution is -2.25. The van der Waals surface area contributed by atoms with E-state index in [1.807, 2.05) is 4.98 Å². The summed E-state index contributed by atoms with van der Waals surface area (Å²) in [5, 5.41) is 8.39. The Morgan fingerprint density at radius 3 is 2.72 bits per heavy atom. The maximum atomic E-state index is 11.9. The molecule has 0 unspecified atom stereocenters. The first-order valence-electron chi connectivity index (χ1n) is 7.06. The van der Waals surface area contributed by atoms with Crippen LogP contribution in [-0.2, 0) is 9.53 Å². The Kier molecular flexibility index (Phi) is 6.09. The molecule has 0 bridgehead atoms. The maximum absolute atomic E-state index is 11.9. The molecule has 2 aromatic heterocycles. The van der Waals surface area contributed by atoms with Crippen molar-refractivity contribution in [3.05, 3.63) is 31.4 Å². The third-order valence-corrected chi connectivity index (χ3v) is 4.60. The predicted octanol–water partition coefficient (Wildman–Crippen LogP) is 0.519. The highest BCUT2D eigenvalue weighted by Crippen LogP contribution is 2.24. The number of hydrogen-bond donors (Lipinski definition) is 3. The van der Waals surface area contributed by atoms with E-state index in [4.69, 9.17) is 4.74 Å². The van der Waals surface area contributed by atoms with Crippen LogP contribution >= 0.6 is 23.1 Å². The van der Waals surface area contributed by atoms with Gasteiger partial charge in [0.1, 0.15) is 4.88 Å². The molecule has 0 aliphatic carbocycles. The van der Waals surface area contributed by atoms with Crippen molar-refractivity contribution in [2.75, 3.05) is 11.1 Å². The van der Waals surface area contributed by atoms with Crippen LogP contribution in [0, 0.1) is 6.92 Å². The van der Waals surface area contributed by atoms with Crippen LogP contribution in [0.3, 0.4) is 0 Å². The topological polar surface area (TPSA) is 147 Å². The average Bonchev–Trinajstić information content (AvgIpc) is 2.86. The smallest absolute Gasteiger partial charge is 0.350 e. The lowest BCUT2D eigenvalue weighted by molar-refractivity contribution is -0.113. The number of thioether (sulfide) groups is 1. The number of hydrogen-bond acceptors (Lipinski definition) is 9. The molecule has 134 valence electrons. The van der Waals surface area contributed by atoms with E-state index in [9.17, 15) is 19.2 Å². The molecule has 0 spiro atoms. The molecular formula is C13H15N5O5S2. The molecule has 2 rings (SSSR count). The molecule has 0 fully saturated rings. The van der Waals surface area contributed by atoms with E-state index in [0.29, 0.717) is 10.6 Å². The SMILES string of the molecule is Cc1nc(NC(=O)CSc2n[nH]c(=O)[nH]c2=O)sc1C(=O)OC(C)C. The Bertz CT molecular complexity index is 901. The minimum absolute atomic E-state index is 0.0359. The number of esters is 1. The van der Waals surface area contributed by atoms with Crippen LogP contribution in [-0.4, -0.2) is 43.9 Å². The first kappa shape index (κ1) is 18.9. The van der Waals surface area contributed by atoms with Crippen molar-refractivity contribution in [2.24, 2.45) is 0 Å². The predicted molar refractivity (Wildman–Crippen MR) is 92.2 cm³/mol. The molecule has 0 aliphatic rings. The Hall–Kier alpha value is -2.47. The highest BCUT2D eigenvalue weighted by atomic mass is 32.2. The summed E-state index contributed by atoms with van der Waals surface area (Å²) in [4.78, 5) is 52.6. The average molecular weight is 385 g/mol. The number of nitrogens with zero attached hydrogens (tertiary/aromatic N) is 2. The number of amides is 1. The van der Waals surface area contributed by atoms with Crippen molar-refractivity contribution < 1.29 is 14.3 Å². The molecule has 0 saturated carbocycles. The van der Waals surface area contributed by atoms with Crippen LogP contribution in [0.1, 0.15) is 29.2 Å². The molecule has 10 nitrogen and oxygen atoms in total. The van der Waals surface area contributed by atoms with Crippen LogP contribution in [0.4, 0.5) is 5.13 Å². The van der Waals surface area contributed by atoms with Crippen LogP contribution in [0.25, 0.3) is 0 Å². The quantitative estimate of drug-likeness (QED) is 0.482. The molecule has 2 aromatic rings. The molecule has 12 heteroatoms. The van der Waals surface area contributed by atoms with Gasteiger partial charge in [0.25, 0.3) is 5.56 Å². The van der Waals surface area contributed by atoms with E-state index < -0.39 is 23.1 Å². The standard InChI is InChI=1S/C13H15N5O5S2/c1-5(2)23-11(21)8-6(3)14-13(25-8)15-7(19)4-24-10-9(20)16-12(22)18-17-10/h5H,4H2,1-3H3,(H,14,15,19)(H2,16,18,20,22). The highest BCUT2D eigenvalue weighted by molar-refractivity contribution is 7.99. The van der Waals surface area contributed by atoms with E-state index in [2.05, 4.69) is 20.5 Å². The first-order valence-corrected chi connectivity index (χ1v) is 8.86. The van der Waals surface area contributed by atoms with Crippen molar-refractivity contribution in [3.8, 4) is 0 Å². The van der Waals surface area contributed by atoms with Gasteiger partial charge in [-0.1, -0.05) is 23.1 Å². The summed E-state index contributed by atoms with van der Waals surface area (Å²) in [6.07, 6.45) is -0.258. The van der Waals surface area contributed by atoms with Gasteiger partial charge in [-0.05, 0) is 20.8 Å². The van der Waals surface area contributed by atoms with E-state index in [0.717, 1.165) is 23.1 Å². The van der Waals surface area contributed by atoms with Gasteiger partial charge in [0.05, 0.1) is 17.6 Å². The number of aromatic nitrogens is 4. The summed E-state index contributed by atoms with van der Waals surface area (Å²) in [6, 6.07) is 0. The van der Waals surface area contributed by atoms with Gasteiger partial charge in [-0.25, -0.2) is 19.7 Å². The fourth-order valence-electron chi connectivity index (χ4n) is 1.63. The highest BCUT2D eigenvalue weighted by Gasteiger charge is 2.19. The summed E-state index contributed by atoms with van der Waals surface area (Å²) >= 11 is 1.86. The first-order chi connectivity index (χ1) is 11.8. The van der Waals surface area contributed by atoms with Gasteiger partial charge in [-0.2, -0.15) is 5.10 Å². The summed E-state index contributed by atoms with van der Waals surface area (Å²) in [5.41, 5.74) is -0.944. The normalized spacial score (nSPS) is 10.7. The zero-order valence-electron chi connectivity index (χ0n) is 13.5. The Morgan fingerprint density at radius 2 is 2.08 bits per heavy atom. The number of anilines is 1. The van der Waals surface area contributed by atoms with Gasteiger partial charge < -0.3 is 10.1 Å². The van der Waals surface area contributed by atoms with Gasteiger partial charge >= 0.3 is 11.7 Å². The maximum Gasteiger partial charge on any atom is 0.350 e. The summed E-state index contributed by atoms with van der Waals surface area (Å²) < 4.78 is 5.10. The molecule has 0 saturated heterocycles. The van der Waals surface area contributed by atoms with E-state index >= 15 is 0 Å². The molecule has 25 heavy (non-hydrogen) atoms. The van der Waals surface area contributed by atoms with Crippen LogP contribution in [0.2, 0.25) is 0 Å². The van der Waals surface area contributed by atoms with E-state index in [1.54, 1.807) is 20.8 Å².